The van der Waals surface area contributed by atoms with Gasteiger partial charge >= 0.3 is 5.97 Å². The summed E-state index contributed by atoms with van der Waals surface area (Å²) < 4.78 is 5.71. The van der Waals surface area contributed by atoms with E-state index >= 15 is 0 Å². The fraction of sp³-hybridized carbons (Fsp3) is 0.300. The summed E-state index contributed by atoms with van der Waals surface area (Å²) in [7, 11) is 0. The largest absolute Gasteiger partial charge is 0.480 e. The van der Waals surface area contributed by atoms with Crippen molar-refractivity contribution < 1.29 is 19.4 Å². The molecule has 2 aromatic carbocycles. The van der Waals surface area contributed by atoms with Gasteiger partial charge < -0.3 is 15.2 Å². The van der Waals surface area contributed by atoms with E-state index in [1.54, 1.807) is 36.1 Å². The summed E-state index contributed by atoms with van der Waals surface area (Å²) in [4.78, 5) is 25.2. The summed E-state index contributed by atoms with van der Waals surface area (Å²) in [6.07, 6.45) is 1.88. The maximum absolute atomic E-state index is 12.3. The molecule has 26 heavy (non-hydrogen) atoms. The van der Waals surface area contributed by atoms with Gasteiger partial charge in [0.25, 0.3) is 0 Å². The maximum Gasteiger partial charge on any atom is 0.320 e. The minimum atomic E-state index is -0.910. The first-order valence-electron chi connectivity index (χ1n) is 8.64. The zero-order valence-electron chi connectivity index (χ0n) is 14.6. The van der Waals surface area contributed by atoms with E-state index in [1.807, 2.05) is 30.3 Å². The Hall–Kier alpha value is -2.86. The first-order chi connectivity index (χ1) is 12.5. The van der Waals surface area contributed by atoms with Gasteiger partial charge in [-0.3, -0.25) is 14.5 Å². The molecule has 136 valence electrons. The van der Waals surface area contributed by atoms with Crippen molar-refractivity contribution in [1.82, 2.24) is 4.90 Å². The number of carboxylic acids is 1. The molecule has 2 aromatic rings. The number of nitrogens with one attached hydrogen (secondary N) is 1. The van der Waals surface area contributed by atoms with E-state index in [0.717, 1.165) is 18.6 Å². The smallest absolute Gasteiger partial charge is 0.320 e. The van der Waals surface area contributed by atoms with Gasteiger partial charge in [0, 0.05) is 11.7 Å². The van der Waals surface area contributed by atoms with Crippen LogP contribution in [0.4, 0.5) is 5.69 Å². The summed E-state index contributed by atoms with van der Waals surface area (Å²) in [6.45, 7) is 1.68. The van der Waals surface area contributed by atoms with Crippen LogP contribution in [0, 0.1) is 0 Å². The molecule has 2 N–H and O–H groups in total. The van der Waals surface area contributed by atoms with Gasteiger partial charge in [0.2, 0.25) is 5.91 Å². The Balaban J connectivity index is 1.56. The summed E-state index contributed by atoms with van der Waals surface area (Å²) in [5.74, 6) is 0.286. The molecule has 0 spiro atoms. The van der Waals surface area contributed by atoms with Crippen LogP contribution in [0.1, 0.15) is 19.8 Å². The molecule has 1 aliphatic rings. The van der Waals surface area contributed by atoms with E-state index in [-0.39, 0.29) is 18.5 Å². The van der Waals surface area contributed by atoms with Crippen LogP contribution in [0.15, 0.2) is 54.6 Å². The fourth-order valence-electron chi connectivity index (χ4n) is 2.73. The molecule has 1 amide bonds. The average Bonchev–Trinajstić information content (AvgIpc) is 3.46. The molecule has 0 saturated heterocycles. The van der Waals surface area contributed by atoms with Crippen molar-refractivity contribution in [2.75, 3.05) is 11.9 Å². The summed E-state index contributed by atoms with van der Waals surface area (Å²) in [6, 6.07) is 16.0. The number of hydrogen-bond donors (Lipinski definition) is 2. The number of carbonyl (C=O) groups excluding carboxylic acids is 1. The third-order valence-electron chi connectivity index (χ3n) is 4.31. The number of amides is 1. The number of benzene rings is 2. The van der Waals surface area contributed by atoms with E-state index in [1.165, 1.54) is 0 Å². The number of para-hydroxylation sites is 1. The summed E-state index contributed by atoms with van der Waals surface area (Å²) >= 11 is 0. The van der Waals surface area contributed by atoms with Gasteiger partial charge in [0.1, 0.15) is 17.5 Å². The highest BCUT2D eigenvalue weighted by Crippen LogP contribution is 2.28. The van der Waals surface area contributed by atoms with E-state index in [9.17, 15) is 14.7 Å². The molecule has 6 nitrogen and oxygen atoms in total. The van der Waals surface area contributed by atoms with Crippen LogP contribution in [0.25, 0.3) is 0 Å². The van der Waals surface area contributed by atoms with Gasteiger partial charge in [-0.15, -0.1) is 0 Å². The van der Waals surface area contributed by atoms with Crippen molar-refractivity contribution in [2.45, 2.75) is 31.8 Å². The lowest BCUT2D eigenvalue weighted by Crippen LogP contribution is -2.44. The van der Waals surface area contributed by atoms with Crippen LogP contribution in [0.3, 0.4) is 0 Å². The zero-order chi connectivity index (χ0) is 18.5. The second-order valence-corrected chi connectivity index (χ2v) is 6.41. The van der Waals surface area contributed by atoms with Crippen molar-refractivity contribution in [1.29, 1.82) is 0 Å². The predicted octanol–water partition coefficient (Wildman–Crippen LogP) is 3.35. The number of aliphatic carboxylic acids is 1. The minimum absolute atomic E-state index is 0.0698. The monoisotopic (exact) mass is 354 g/mol. The molecule has 0 radical (unpaired) electrons. The summed E-state index contributed by atoms with van der Waals surface area (Å²) in [5, 5.41) is 12.0. The van der Waals surface area contributed by atoms with Crippen molar-refractivity contribution in [3.05, 3.63) is 54.6 Å². The molecular weight excluding hydrogens is 332 g/mol. The number of ether oxygens (including phenoxy) is 1. The lowest BCUT2D eigenvalue weighted by atomic mass is 10.2. The predicted molar refractivity (Wildman–Crippen MR) is 98.4 cm³/mol. The molecule has 0 bridgehead atoms. The lowest BCUT2D eigenvalue weighted by molar-refractivity contribution is -0.143. The van der Waals surface area contributed by atoms with E-state index in [0.29, 0.717) is 11.4 Å². The van der Waals surface area contributed by atoms with Crippen LogP contribution in [-0.4, -0.2) is 40.5 Å². The van der Waals surface area contributed by atoms with Gasteiger partial charge in [-0.2, -0.15) is 0 Å². The summed E-state index contributed by atoms with van der Waals surface area (Å²) in [5.41, 5.74) is 0.647. The molecular formula is C20H22N2O4. The standard InChI is InChI=1S/C20H22N2O4/c1-14(20(24)25)22(16-9-10-16)13-19(23)21-15-7-11-18(12-8-15)26-17-5-3-2-4-6-17/h2-8,11-12,14,16H,9-10,13H2,1H3,(H,21,23)(H,24,25). The Morgan fingerprint density at radius 1 is 1.12 bits per heavy atom. The Morgan fingerprint density at radius 3 is 2.31 bits per heavy atom. The Morgan fingerprint density at radius 2 is 1.73 bits per heavy atom. The topological polar surface area (TPSA) is 78.9 Å². The molecule has 0 aromatic heterocycles. The van der Waals surface area contributed by atoms with Crippen LogP contribution < -0.4 is 10.1 Å². The van der Waals surface area contributed by atoms with E-state index in [2.05, 4.69) is 5.32 Å². The third kappa shape index (κ3) is 4.83. The van der Waals surface area contributed by atoms with Crippen LogP contribution in [0.5, 0.6) is 11.5 Å². The van der Waals surface area contributed by atoms with Gasteiger partial charge in [0.05, 0.1) is 6.54 Å². The molecule has 0 aliphatic heterocycles. The number of hydrogen-bond acceptors (Lipinski definition) is 4. The fourth-order valence-corrected chi connectivity index (χ4v) is 2.73. The van der Waals surface area contributed by atoms with Crippen molar-refractivity contribution in [2.24, 2.45) is 0 Å². The van der Waals surface area contributed by atoms with Crippen LogP contribution >= 0.6 is 0 Å². The van der Waals surface area contributed by atoms with E-state index in [4.69, 9.17) is 4.74 Å². The Kier molecular flexibility index (Phi) is 5.53. The quantitative estimate of drug-likeness (QED) is 0.760. The highest BCUT2D eigenvalue weighted by molar-refractivity contribution is 5.92. The maximum atomic E-state index is 12.3. The first kappa shape index (κ1) is 17.9. The van der Waals surface area contributed by atoms with Gasteiger partial charge in [0.15, 0.2) is 0 Å². The first-order valence-corrected chi connectivity index (χ1v) is 8.64. The SMILES string of the molecule is CC(C(=O)O)N(CC(=O)Nc1ccc(Oc2ccccc2)cc1)C1CC1. The second kappa shape index (κ2) is 8.01. The lowest BCUT2D eigenvalue weighted by Gasteiger charge is -2.25. The number of carbonyl (C=O) groups is 2. The van der Waals surface area contributed by atoms with Gasteiger partial charge in [-0.1, -0.05) is 18.2 Å². The van der Waals surface area contributed by atoms with Gasteiger partial charge in [-0.25, -0.2) is 0 Å². The molecule has 1 fully saturated rings. The van der Waals surface area contributed by atoms with Crippen LogP contribution in [-0.2, 0) is 9.59 Å². The zero-order valence-corrected chi connectivity index (χ0v) is 14.6. The molecule has 3 rings (SSSR count). The number of anilines is 1. The van der Waals surface area contributed by atoms with Crippen LogP contribution in [0.2, 0.25) is 0 Å². The molecule has 1 unspecified atom stereocenters. The molecule has 6 heteroatoms. The van der Waals surface area contributed by atoms with Crippen molar-refractivity contribution in [3.8, 4) is 11.5 Å². The highest BCUT2D eigenvalue weighted by Gasteiger charge is 2.36. The minimum Gasteiger partial charge on any atom is -0.480 e. The number of rotatable bonds is 8. The molecule has 0 heterocycles. The molecule has 1 atom stereocenters. The van der Waals surface area contributed by atoms with E-state index < -0.39 is 12.0 Å². The average molecular weight is 354 g/mol. The number of nitrogens with zero attached hydrogens (tertiary/aromatic N) is 1. The highest BCUT2D eigenvalue weighted by atomic mass is 16.5. The Bertz CT molecular complexity index is 757. The number of carboxylic acid groups (broad SMARTS) is 1. The van der Waals surface area contributed by atoms with Crippen molar-refractivity contribution in [3.63, 3.8) is 0 Å². The normalized spacial score (nSPS) is 14.7. The van der Waals surface area contributed by atoms with Gasteiger partial charge in [-0.05, 0) is 56.2 Å². The molecule has 1 aliphatic carbocycles. The van der Waals surface area contributed by atoms with Crippen molar-refractivity contribution >= 4 is 17.6 Å². The molecule has 1 saturated carbocycles. The third-order valence-corrected chi connectivity index (χ3v) is 4.31. The Labute approximate surface area is 152 Å². The second-order valence-electron chi connectivity index (χ2n) is 6.41.